The lowest BCUT2D eigenvalue weighted by molar-refractivity contribution is 0.642. The van der Waals surface area contributed by atoms with E-state index in [2.05, 4.69) is 52.0 Å². The molecule has 98 valence electrons. The average Bonchev–Trinajstić information content (AvgIpc) is 2.67. The second-order valence-corrected chi connectivity index (χ2v) is 5.24. The highest BCUT2D eigenvalue weighted by molar-refractivity contribution is 5.59. The molecule has 0 bridgehead atoms. The van der Waals surface area contributed by atoms with Crippen LogP contribution in [0.4, 0.5) is 0 Å². The molecule has 0 radical (unpaired) electrons. The van der Waals surface area contributed by atoms with Gasteiger partial charge in [0.15, 0.2) is 0 Å². The number of hydrogen-bond acceptors (Lipinski definition) is 0. The van der Waals surface area contributed by atoms with Gasteiger partial charge < -0.3 is 0 Å². The summed E-state index contributed by atoms with van der Waals surface area (Å²) in [6.45, 7) is 9.25. The topological polar surface area (TPSA) is 0 Å². The van der Waals surface area contributed by atoms with Gasteiger partial charge in [0.2, 0.25) is 0 Å². The molecule has 0 aromatic rings. The zero-order valence-electron chi connectivity index (χ0n) is 12.3. The van der Waals surface area contributed by atoms with Gasteiger partial charge in [-0.15, -0.1) is 0 Å². The van der Waals surface area contributed by atoms with E-state index in [1.54, 1.807) is 22.3 Å². The van der Waals surface area contributed by atoms with Crippen LogP contribution in [-0.2, 0) is 0 Å². The molecular weight excluding hydrogens is 216 g/mol. The van der Waals surface area contributed by atoms with E-state index in [1.165, 1.54) is 25.7 Å². The van der Waals surface area contributed by atoms with Crippen LogP contribution in [0.2, 0.25) is 0 Å². The molecule has 0 heteroatoms. The van der Waals surface area contributed by atoms with Crippen LogP contribution in [0.15, 0.2) is 46.6 Å². The van der Waals surface area contributed by atoms with Gasteiger partial charge in [-0.05, 0) is 54.4 Å². The van der Waals surface area contributed by atoms with Crippen molar-refractivity contribution in [3.63, 3.8) is 0 Å². The van der Waals surface area contributed by atoms with Gasteiger partial charge in [0.05, 0.1) is 0 Å². The molecule has 0 saturated carbocycles. The SMILES string of the molecule is CCC1=C(CC)C2(C=CCC=C2)C(CC)=C1CC. The molecule has 0 aromatic heterocycles. The van der Waals surface area contributed by atoms with Crippen LogP contribution in [0.25, 0.3) is 0 Å². The van der Waals surface area contributed by atoms with Crippen molar-refractivity contribution in [2.24, 2.45) is 5.41 Å². The van der Waals surface area contributed by atoms with Gasteiger partial charge in [-0.3, -0.25) is 0 Å². The van der Waals surface area contributed by atoms with Crippen LogP contribution < -0.4 is 0 Å². The van der Waals surface area contributed by atoms with Crippen molar-refractivity contribution >= 4 is 0 Å². The molecule has 2 aliphatic carbocycles. The van der Waals surface area contributed by atoms with Gasteiger partial charge >= 0.3 is 0 Å². The first kappa shape index (κ1) is 13.4. The Bertz CT molecular complexity index is 399. The highest BCUT2D eigenvalue weighted by Gasteiger charge is 2.40. The molecule has 1 spiro atoms. The summed E-state index contributed by atoms with van der Waals surface area (Å²) in [6.07, 6.45) is 15.4. The van der Waals surface area contributed by atoms with Crippen molar-refractivity contribution in [2.45, 2.75) is 59.8 Å². The van der Waals surface area contributed by atoms with E-state index in [0.717, 1.165) is 6.42 Å². The van der Waals surface area contributed by atoms with Crippen LogP contribution in [0, 0.1) is 5.41 Å². The van der Waals surface area contributed by atoms with E-state index >= 15 is 0 Å². The maximum absolute atomic E-state index is 2.46. The van der Waals surface area contributed by atoms with Gasteiger partial charge in [0, 0.05) is 5.41 Å². The van der Waals surface area contributed by atoms with Crippen molar-refractivity contribution in [3.05, 3.63) is 46.6 Å². The van der Waals surface area contributed by atoms with Gasteiger partial charge in [-0.1, -0.05) is 52.0 Å². The molecule has 0 heterocycles. The Morgan fingerprint density at radius 2 is 1.22 bits per heavy atom. The lowest BCUT2D eigenvalue weighted by atomic mass is 9.72. The van der Waals surface area contributed by atoms with Gasteiger partial charge in [-0.2, -0.15) is 0 Å². The largest absolute Gasteiger partial charge is 0.0832 e. The third-order valence-electron chi connectivity index (χ3n) is 4.54. The van der Waals surface area contributed by atoms with Crippen molar-refractivity contribution < 1.29 is 0 Å². The summed E-state index contributed by atoms with van der Waals surface area (Å²) in [4.78, 5) is 0. The average molecular weight is 242 g/mol. The molecule has 0 unspecified atom stereocenters. The minimum atomic E-state index is 0.151. The molecule has 0 atom stereocenters. The van der Waals surface area contributed by atoms with Gasteiger partial charge in [0.25, 0.3) is 0 Å². The molecule has 0 amide bonds. The highest BCUT2D eigenvalue weighted by atomic mass is 14.4. The molecule has 0 saturated heterocycles. The Hall–Kier alpha value is -1.04. The first-order chi connectivity index (χ1) is 8.75. The molecule has 0 N–H and O–H groups in total. The van der Waals surface area contributed by atoms with E-state index in [9.17, 15) is 0 Å². The third kappa shape index (κ3) is 1.74. The first-order valence-electron chi connectivity index (χ1n) is 7.55. The Morgan fingerprint density at radius 3 is 1.56 bits per heavy atom. The summed E-state index contributed by atoms with van der Waals surface area (Å²) in [7, 11) is 0. The second-order valence-electron chi connectivity index (χ2n) is 5.24. The predicted molar refractivity (Wildman–Crippen MR) is 80.5 cm³/mol. The monoisotopic (exact) mass is 242 g/mol. The third-order valence-corrected chi connectivity index (χ3v) is 4.54. The van der Waals surface area contributed by atoms with Crippen molar-refractivity contribution in [3.8, 4) is 0 Å². The van der Waals surface area contributed by atoms with Crippen LogP contribution >= 0.6 is 0 Å². The molecular formula is C18H26. The fourth-order valence-electron chi connectivity index (χ4n) is 3.96. The zero-order chi connectivity index (χ0) is 13.2. The summed E-state index contributed by atoms with van der Waals surface area (Å²) < 4.78 is 0. The smallest absolute Gasteiger partial charge is 0.0493 e. The fourth-order valence-corrected chi connectivity index (χ4v) is 3.96. The van der Waals surface area contributed by atoms with E-state index in [0.29, 0.717) is 0 Å². The minimum absolute atomic E-state index is 0.151. The lowest BCUT2D eigenvalue weighted by Crippen LogP contribution is -2.20. The Labute approximate surface area is 112 Å². The molecule has 0 aliphatic heterocycles. The highest BCUT2D eigenvalue weighted by Crippen LogP contribution is 2.54. The van der Waals surface area contributed by atoms with Crippen LogP contribution in [0.3, 0.4) is 0 Å². The van der Waals surface area contributed by atoms with E-state index < -0.39 is 0 Å². The van der Waals surface area contributed by atoms with Gasteiger partial charge in [0.1, 0.15) is 0 Å². The van der Waals surface area contributed by atoms with Crippen molar-refractivity contribution in [2.75, 3.05) is 0 Å². The maximum atomic E-state index is 2.46. The van der Waals surface area contributed by atoms with Gasteiger partial charge in [-0.25, -0.2) is 0 Å². The Balaban J connectivity index is 2.66. The fraction of sp³-hybridized carbons (Fsp3) is 0.556. The Morgan fingerprint density at radius 1 is 0.778 bits per heavy atom. The van der Waals surface area contributed by atoms with E-state index in [1.807, 2.05) is 0 Å². The van der Waals surface area contributed by atoms with Crippen LogP contribution in [0.1, 0.15) is 59.8 Å². The molecule has 0 fully saturated rings. The zero-order valence-corrected chi connectivity index (χ0v) is 12.3. The van der Waals surface area contributed by atoms with Crippen molar-refractivity contribution in [1.29, 1.82) is 0 Å². The summed E-state index contributed by atoms with van der Waals surface area (Å²) in [6, 6.07) is 0. The molecule has 18 heavy (non-hydrogen) atoms. The predicted octanol–water partition coefficient (Wildman–Crippen LogP) is 5.74. The molecule has 2 aliphatic rings. The summed E-state index contributed by atoms with van der Waals surface area (Å²) in [5, 5.41) is 0. The van der Waals surface area contributed by atoms with E-state index in [4.69, 9.17) is 0 Å². The lowest BCUT2D eigenvalue weighted by Gasteiger charge is -2.31. The number of allylic oxidation sites excluding steroid dienone is 8. The van der Waals surface area contributed by atoms with Crippen molar-refractivity contribution in [1.82, 2.24) is 0 Å². The normalized spacial score (nSPS) is 21.6. The van der Waals surface area contributed by atoms with Crippen LogP contribution in [-0.4, -0.2) is 0 Å². The summed E-state index contributed by atoms with van der Waals surface area (Å²) in [5.74, 6) is 0. The quantitative estimate of drug-likeness (QED) is 0.552. The van der Waals surface area contributed by atoms with E-state index in [-0.39, 0.29) is 5.41 Å². The first-order valence-corrected chi connectivity index (χ1v) is 7.55. The second kappa shape index (κ2) is 5.30. The maximum Gasteiger partial charge on any atom is 0.0493 e. The number of hydrogen-bond donors (Lipinski definition) is 0. The molecule has 2 rings (SSSR count). The van der Waals surface area contributed by atoms with Crippen LogP contribution in [0.5, 0.6) is 0 Å². The minimum Gasteiger partial charge on any atom is -0.0832 e. The number of rotatable bonds is 4. The summed E-state index contributed by atoms with van der Waals surface area (Å²) >= 11 is 0. The molecule has 0 aromatic carbocycles. The molecule has 0 nitrogen and oxygen atoms in total. The summed E-state index contributed by atoms with van der Waals surface area (Å²) in [5.41, 5.74) is 6.76. The Kier molecular flexibility index (Phi) is 3.94. The standard InChI is InChI=1S/C18H26/c1-5-14-15(6-2)17(8-4)18(16(14)7-3)12-10-9-11-13-18/h10-13H,5-9H2,1-4H3.